The first-order chi connectivity index (χ1) is 9.45. The summed E-state index contributed by atoms with van der Waals surface area (Å²) >= 11 is 0. The van der Waals surface area contributed by atoms with Crippen molar-refractivity contribution in [1.29, 1.82) is 0 Å². The first-order valence-electron chi connectivity index (χ1n) is 7.12. The van der Waals surface area contributed by atoms with Crippen molar-refractivity contribution in [3.05, 3.63) is 28.3 Å². The van der Waals surface area contributed by atoms with E-state index in [9.17, 15) is 10.1 Å². The Balaban J connectivity index is 2.88. The summed E-state index contributed by atoms with van der Waals surface area (Å²) in [5, 5.41) is 14.5. The highest BCUT2D eigenvalue weighted by molar-refractivity contribution is 5.68. The van der Waals surface area contributed by atoms with Crippen LogP contribution >= 0.6 is 0 Å². The van der Waals surface area contributed by atoms with Gasteiger partial charge in [0, 0.05) is 6.04 Å². The second kappa shape index (κ2) is 7.72. The Bertz CT molecular complexity index is 447. The molecule has 1 N–H and O–H groups in total. The molecule has 0 saturated carbocycles. The average Bonchev–Trinajstić information content (AvgIpc) is 2.36. The van der Waals surface area contributed by atoms with E-state index in [0.717, 1.165) is 12.8 Å². The third-order valence-electron chi connectivity index (χ3n) is 3.06. The van der Waals surface area contributed by atoms with E-state index < -0.39 is 0 Å². The largest absolute Gasteiger partial charge is 0.487 e. The van der Waals surface area contributed by atoms with Gasteiger partial charge in [-0.15, -0.1) is 0 Å². The molecule has 5 heteroatoms. The van der Waals surface area contributed by atoms with Gasteiger partial charge in [-0.1, -0.05) is 19.9 Å². The summed E-state index contributed by atoms with van der Waals surface area (Å²) < 4.78 is 5.34. The van der Waals surface area contributed by atoms with E-state index in [1.807, 2.05) is 13.8 Å². The van der Waals surface area contributed by atoms with Crippen LogP contribution < -0.4 is 10.1 Å². The number of para-hydroxylation sites is 1. The van der Waals surface area contributed by atoms with Crippen molar-refractivity contribution >= 4 is 11.4 Å². The van der Waals surface area contributed by atoms with Gasteiger partial charge in [0.2, 0.25) is 0 Å². The van der Waals surface area contributed by atoms with Gasteiger partial charge in [-0.05, 0) is 44.7 Å². The summed E-state index contributed by atoms with van der Waals surface area (Å²) in [7, 11) is 0. The van der Waals surface area contributed by atoms with E-state index in [-0.39, 0.29) is 16.7 Å². The maximum Gasteiger partial charge on any atom is 0.333 e. The monoisotopic (exact) mass is 280 g/mol. The fourth-order valence-corrected chi connectivity index (χ4v) is 2.02. The third-order valence-corrected chi connectivity index (χ3v) is 3.06. The first kappa shape index (κ1) is 16.3. The van der Waals surface area contributed by atoms with Crippen LogP contribution in [0, 0.1) is 16.0 Å². The molecule has 0 radical (unpaired) electrons. The average molecular weight is 280 g/mol. The highest BCUT2D eigenvalue weighted by Crippen LogP contribution is 2.35. The van der Waals surface area contributed by atoms with Gasteiger partial charge >= 0.3 is 5.69 Å². The summed E-state index contributed by atoms with van der Waals surface area (Å²) in [6.45, 7) is 8.61. The summed E-state index contributed by atoms with van der Waals surface area (Å²) in [4.78, 5) is 10.9. The SMILES string of the molecule is CCOc1cccc(NC(C)CCC(C)C)c1[N+](=O)[O-]. The van der Waals surface area contributed by atoms with Crippen LogP contribution in [0.5, 0.6) is 5.75 Å². The van der Waals surface area contributed by atoms with Gasteiger partial charge < -0.3 is 10.1 Å². The number of anilines is 1. The van der Waals surface area contributed by atoms with E-state index in [1.165, 1.54) is 0 Å². The summed E-state index contributed by atoms with van der Waals surface area (Å²) in [5.41, 5.74) is 0.544. The number of nitrogens with one attached hydrogen (secondary N) is 1. The predicted molar refractivity (Wildman–Crippen MR) is 81.4 cm³/mol. The molecule has 1 atom stereocenters. The van der Waals surface area contributed by atoms with Crippen LogP contribution in [0.2, 0.25) is 0 Å². The number of nitro groups is 1. The van der Waals surface area contributed by atoms with Crippen molar-refractivity contribution in [1.82, 2.24) is 0 Å². The number of nitro benzene ring substituents is 1. The van der Waals surface area contributed by atoms with Crippen molar-refractivity contribution in [3.8, 4) is 5.75 Å². The van der Waals surface area contributed by atoms with E-state index in [2.05, 4.69) is 19.2 Å². The third kappa shape index (κ3) is 4.72. The smallest absolute Gasteiger partial charge is 0.333 e. The van der Waals surface area contributed by atoms with Crippen LogP contribution in [0.4, 0.5) is 11.4 Å². The minimum absolute atomic E-state index is 0.0192. The molecular weight excluding hydrogens is 256 g/mol. The molecule has 20 heavy (non-hydrogen) atoms. The molecule has 0 amide bonds. The molecule has 112 valence electrons. The zero-order valence-electron chi connectivity index (χ0n) is 12.7. The summed E-state index contributed by atoms with van der Waals surface area (Å²) in [5.74, 6) is 0.947. The molecule has 0 heterocycles. The van der Waals surface area contributed by atoms with Gasteiger partial charge in [-0.3, -0.25) is 10.1 Å². The summed E-state index contributed by atoms with van der Waals surface area (Å²) in [6, 6.07) is 5.32. The topological polar surface area (TPSA) is 64.4 Å². The molecule has 0 saturated heterocycles. The molecule has 0 aliphatic carbocycles. The van der Waals surface area contributed by atoms with Crippen molar-refractivity contribution in [2.75, 3.05) is 11.9 Å². The molecule has 0 bridgehead atoms. The zero-order valence-corrected chi connectivity index (χ0v) is 12.7. The fraction of sp³-hybridized carbons (Fsp3) is 0.600. The molecule has 5 nitrogen and oxygen atoms in total. The van der Waals surface area contributed by atoms with E-state index >= 15 is 0 Å². The minimum Gasteiger partial charge on any atom is -0.487 e. The molecule has 0 aromatic heterocycles. The Labute approximate surface area is 120 Å². The van der Waals surface area contributed by atoms with Crippen LogP contribution in [0.1, 0.15) is 40.5 Å². The van der Waals surface area contributed by atoms with Crippen LogP contribution in [-0.2, 0) is 0 Å². The fourth-order valence-electron chi connectivity index (χ4n) is 2.02. The number of benzene rings is 1. The molecule has 1 rings (SSSR count). The standard InChI is InChI=1S/C15H24N2O3/c1-5-20-14-8-6-7-13(15(14)17(18)19)16-12(4)10-9-11(2)3/h6-8,11-12,16H,5,9-10H2,1-4H3. The maximum absolute atomic E-state index is 11.3. The molecule has 0 aliphatic heterocycles. The maximum atomic E-state index is 11.3. The summed E-state index contributed by atoms with van der Waals surface area (Å²) in [6.07, 6.45) is 2.07. The molecule has 1 aromatic rings. The molecule has 0 fully saturated rings. The van der Waals surface area contributed by atoms with Crippen LogP contribution in [0.3, 0.4) is 0 Å². The lowest BCUT2D eigenvalue weighted by molar-refractivity contribution is -0.385. The lowest BCUT2D eigenvalue weighted by Gasteiger charge is -2.17. The van der Waals surface area contributed by atoms with Gasteiger partial charge in [0.1, 0.15) is 5.69 Å². The van der Waals surface area contributed by atoms with Gasteiger partial charge in [0.25, 0.3) is 0 Å². The van der Waals surface area contributed by atoms with Crippen molar-refractivity contribution in [2.45, 2.75) is 46.6 Å². The van der Waals surface area contributed by atoms with Gasteiger partial charge in [0.05, 0.1) is 11.5 Å². The molecule has 1 unspecified atom stereocenters. The quantitative estimate of drug-likeness (QED) is 0.571. The molecule has 1 aromatic carbocycles. The number of rotatable bonds is 8. The van der Waals surface area contributed by atoms with Crippen molar-refractivity contribution in [3.63, 3.8) is 0 Å². The highest BCUT2D eigenvalue weighted by Gasteiger charge is 2.21. The second-order valence-electron chi connectivity index (χ2n) is 5.36. The van der Waals surface area contributed by atoms with Gasteiger partial charge in [-0.25, -0.2) is 0 Å². The molecular formula is C15H24N2O3. The first-order valence-corrected chi connectivity index (χ1v) is 7.12. The van der Waals surface area contributed by atoms with E-state index in [1.54, 1.807) is 18.2 Å². The Morgan fingerprint density at radius 2 is 2.00 bits per heavy atom. The Morgan fingerprint density at radius 3 is 2.55 bits per heavy atom. The number of nitrogens with zero attached hydrogens (tertiary/aromatic N) is 1. The highest BCUT2D eigenvalue weighted by atomic mass is 16.6. The second-order valence-corrected chi connectivity index (χ2v) is 5.36. The van der Waals surface area contributed by atoms with Crippen LogP contribution in [-0.4, -0.2) is 17.6 Å². The Kier molecular flexibility index (Phi) is 6.28. The number of ether oxygens (including phenoxy) is 1. The van der Waals surface area contributed by atoms with E-state index in [4.69, 9.17) is 4.74 Å². The zero-order chi connectivity index (χ0) is 15.1. The lowest BCUT2D eigenvalue weighted by Crippen LogP contribution is -2.17. The predicted octanol–water partition coefficient (Wildman–Crippen LogP) is 4.23. The van der Waals surface area contributed by atoms with Gasteiger partial charge in [0.15, 0.2) is 5.75 Å². The normalized spacial score (nSPS) is 12.2. The number of hydrogen-bond donors (Lipinski definition) is 1. The van der Waals surface area contributed by atoms with Crippen LogP contribution in [0.25, 0.3) is 0 Å². The van der Waals surface area contributed by atoms with Crippen molar-refractivity contribution in [2.24, 2.45) is 5.92 Å². The Hall–Kier alpha value is -1.78. The van der Waals surface area contributed by atoms with Crippen molar-refractivity contribution < 1.29 is 9.66 Å². The minimum atomic E-state index is -0.386. The van der Waals surface area contributed by atoms with Gasteiger partial charge in [-0.2, -0.15) is 0 Å². The lowest BCUT2D eigenvalue weighted by atomic mass is 10.0. The van der Waals surface area contributed by atoms with Crippen LogP contribution in [0.15, 0.2) is 18.2 Å². The molecule has 0 aliphatic rings. The number of hydrogen-bond acceptors (Lipinski definition) is 4. The van der Waals surface area contributed by atoms with E-state index in [0.29, 0.717) is 24.0 Å². The Morgan fingerprint density at radius 1 is 1.30 bits per heavy atom. The molecule has 0 spiro atoms.